The summed E-state index contributed by atoms with van der Waals surface area (Å²) < 4.78 is 5.13. The van der Waals surface area contributed by atoms with Gasteiger partial charge in [0.05, 0.1) is 0 Å². The molecular formula is C13H23NO2. The van der Waals surface area contributed by atoms with Crippen LogP contribution >= 0.6 is 0 Å². The van der Waals surface area contributed by atoms with Crippen molar-refractivity contribution in [2.75, 3.05) is 13.3 Å². The maximum atomic E-state index is 11.1. The van der Waals surface area contributed by atoms with Crippen molar-refractivity contribution < 1.29 is 9.53 Å². The fourth-order valence-electron chi connectivity index (χ4n) is 2.15. The fraction of sp³-hybridized carbons (Fsp3) is 0.769. The van der Waals surface area contributed by atoms with Crippen molar-refractivity contribution in [2.45, 2.75) is 46.1 Å². The van der Waals surface area contributed by atoms with Crippen LogP contribution in [-0.2, 0) is 9.53 Å². The Morgan fingerprint density at radius 3 is 2.62 bits per heavy atom. The first kappa shape index (κ1) is 13.2. The molecule has 1 saturated heterocycles. The van der Waals surface area contributed by atoms with Crippen LogP contribution in [0.4, 0.5) is 0 Å². The molecule has 0 unspecified atom stereocenters. The number of esters is 1. The molecule has 1 aliphatic rings. The van der Waals surface area contributed by atoms with Gasteiger partial charge in [-0.3, -0.25) is 4.90 Å². The van der Waals surface area contributed by atoms with E-state index in [0.29, 0.717) is 6.73 Å². The highest BCUT2D eigenvalue weighted by Crippen LogP contribution is 2.42. The fourth-order valence-corrected chi connectivity index (χ4v) is 2.15. The third kappa shape index (κ3) is 2.46. The molecular weight excluding hydrogens is 202 g/mol. The van der Waals surface area contributed by atoms with Crippen molar-refractivity contribution in [3.05, 3.63) is 12.7 Å². The van der Waals surface area contributed by atoms with Crippen LogP contribution in [0.25, 0.3) is 0 Å². The first-order valence-electron chi connectivity index (χ1n) is 5.85. The minimum Gasteiger partial charge on any atom is -0.446 e. The highest BCUT2D eigenvalue weighted by Gasteiger charge is 2.44. The molecule has 1 heterocycles. The zero-order valence-corrected chi connectivity index (χ0v) is 10.9. The van der Waals surface area contributed by atoms with Crippen LogP contribution in [0.15, 0.2) is 12.7 Å². The Balaban J connectivity index is 2.65. The smallest absolute Gasteiger partial charge is 0.331 e. The summed E-state index contributed by atoms with van der Waals surface area (Å²) in [4.78, 5) is 13.3. The summed E-state index contributed by atoms with van der Waals surface area (Å²) in [5.74, 6) is -0.348. The molecule has 0 N–H and O–H groups in total. The molecule has 3 nitrogen and oxygen atoms in total. The van der Waals surface area contributed by atoms with E-state index in [4.69, 9.17) is 4.74 Å². The SMILES string of the molecule is C=CC(=O)OCN1CCCC(C)(C)C1(C)C. The number of ether oxygens (including phenoxy) is 1. The number of carbonyl (C=O) groups excluding carboxylic acids is 1. The molecule has 0 aliphatic carbocycles. The Labute approximate surface area is 98.5 Å². The summed E-state index contributed by atoms with van der Waals surface area (Å²) in [6.07, 6.45) is 3.58. The lowest BCUT2D eigenvalue weighted by molar-refractivity contribution is -0.151. The quantitative estimate of drug-likeness (QED) is 0.546. The standard InChI is InChI=1S/C13H23NO2/c1-6-11(15)16-10-14-9-7-8-12(2,3)13(14,4)5/h6H,1,7-10H2,2-5H3. The minimum atomic E-state index is -0.348. The lowest BCUT2D eigenvalue weighted by Crippen LogP contribution is -2.58. The van der Waals surface area contributed by atoms with Gasteiger partial charge in [-0.1, -0.05) is 20.4 Å². The van der Waals surface area contributed by atoms with Crippen LogP contribution in [0, 0.1) is 5.41 Å². The van der Waals surface area contributed by atoms with Gasteiger partial charge in [0.2, 0.25) is 0 Å². The molecule has 1 rings (SSSR count). The van der Waals surface area contributed by atoms with E-state index in [2.05, 4.69) is 39.2 Å². The molecule has 0 saturated carbocycles. The Kier molecular flexibility index (Phi) is 3.79. The molecule has 0 aromatic rings. The van der Waals surface area contributed by atoms with Gasteiger partial charge >= 0.3 is 5.97 Å². The monoisotopic (exact) mass is 225 g/mol. The number of hydrogen-bond donors (Lipinski definition) is 0. The maximum Gasteiger partial charge on any atom is 0.331 e. The molecule has 0 atom stereocenters. The summed E-state index contributed by atoms with van der Waals surface area (Å²) >= 11 is 0. The topological polar surface area (TPSA) is 29.5 Å². The first-order valence-corrected chi connectivity index (χ1v) is 5.85. The van der Waals surface area contributed by atoms with Crippen molar-refractivity contribution in [2.24, 2.45) is 5.41 Å². The molecule has 3 heteroatoms. The van der Waals surface area contributed by atoms with Gasteiger partial charge in [-0.25, -0.2) is 4.79 Å². The van der Waals surface area contributed by atoms with Crippen molar-refractivity contribution >= 4 is 5.97 Å². The normalized spacial score (nSPS) is 23.8. The van der Waals surface area contributed by atoms with E-state index in [1.165, 1.54) is 12.5 Å². The third-order valence-electron chi connectivity index (χ3n) is 4.21. The molecule has 0 bridgehead atoms. The number of hydrogen-bond acceptors (Lipinski definition) is 3. The summed E-state index contributed by atoms with van der Waals surface area (Å²) in [6, 6.07) is 0. The Hall–Kier alpha value is -0.830. The molecule has 1 fully saturated rings. The molecule has 0 spiro atoms. The van der Waals surface area contributed by atoms with Crippen molar-refractivity contribution in [3.8, 4) is 0 Å². The van der Waals surface area contributed by atoms with Gasteiger partial charge < -0.3 is 4.74 Å². The second-order valence-corrected chi connectivity index (χ2v) is 5.61. The Bertz CT molecular complexity index is 282. The lowest BCUT2D eigenvalue weighted by Gasteiger charge is -2.52. The second kappa shape index (κ2) is 4.58. The van der Waals surface area contributed by atoms with Gasteiger partial charge in [0.15, 0.2) is 0 Å². The number of likely N-dealkylation sites (tertiary alicyclic amines) is 1. The van der Waals surface area contributed by atoms with E-state index in [1.54, 1.807) is 0 Å². The molecule has 0 aromatic heterocycles. The van der Waals surface area contributed by atoms with Gasteiger partial charge in [0.1, 0.15) is 6.73 Å². The van der Waals surface area contributed by atoms with Crippen LogP contribution in [0.1, 0.15) is 40.5 Å². The predicted octanol–water partition coefficient (Wildman–Crippen LogP) is 2.57. The van der Waals surface area contributed by atoms with Crippen molar-refractivity contribution in [3.63, 3.8) is 0 Å². The number of nitrogens with zero attached hydrogens (tertiary/aromatic N) is 1. The van der Waals surface area contributed by atoms with Gasteiger partial charge in [0, 0.05) is 18.2 Å². The zero-order chi connectivity index (χ0) is 12.4. The molecule has 92 valence electrons. The number of carbonyl (C=O) groups is 1. The van der Waals surface area contributed by atoms with E-state index >= 15 is 0 Å². The van der Waals surface area contributed by atoms with E-state index in [9.17, 15) is 4.79 Å². The van der Waals surface area contributed by atoms with E-state index in [1.807, 2.05) is 0 Å². The van der Waals surface area contributed by atoms with Gasteiger partial charge in [0.25, 0.3) is 0 Å². The maximum absolute atomic E-state index is 11.1. The first-order chi connectivity index (χ1) is 7.31. The molecule has 0 aromatic carbocycles. The second-order valence-electron chi connectivity index (χ2n) is 5.61. The average Bonchev–Trinajstić information content (AvgIpc) is 2.20. The van der Waals surface area contributed by atoms with Crippen molar-refractivity contribution in [1.29, 1.82) is 0 Å². The van der Waals surface area contributed by atoms with Crippen molar-refractivity contribution in [1.82, 2.24) is 4.90 Å². The summed E-state index contributed by atoms with van der Waals surface area (Å²) in [5.41, 5.74) is 0.290. The van der Waals surface area contributed by atoms with Crippen LogP contribution in [-0.4, -0.2) is 29.7 Å². The number of piperidine rings is 1. The summed E-state index contributed by atoms with van der Waals surface area (Å²) in [5, 5.41) is 0. The van der Waals surface area contributed by atoms with Crippen LogP contribution in [0.5, 0.6) is 0 Å². The summed E-state index contributed by atoms with van der Waals surface area (Å²) in [7, 11) is 0. The van der Waals surface area contributed by atoms with Gasteiger partial charge in [-0.05, 0) is 32.1 Å². The van der Waals surface area contributed by atoms with E-state index in [-0.39, 0.29) is 16.9 Å². The Morgan fingerprint density at radius 1 is 1.44 bits per heavy atom. The predicted molar refractivity (Wildman–Crippen MR) is 65.0 cm³/mol. The van der Waals surface area contributed by atoms with Crippen LogP contribution < -0.4 is 0 Å². The van der Waals surface area contributed by atoms with E-state index in [0.717, 1.165) is 13.0 Å². The average molecular weight is 225 g/mol. The van der Waals surface area contributed by atoms with Crippen LogP contribution in [0.3, 0.4) is 0 Å². The minimum absolute atomic E-state index is 0.0483. The lowest BCUT2D eigenvalue weighted by atomic mass is 9.68. The van der Waals surface area contributed by atoms with Crippen LogP contribution in [0.2, 0.25) is 0 Å². The molecule has 0 amide bonds. The molecule has 0 radical (unpaired) electrons. The molecule has 1 aliphatic heterocycles. The largest absolute Gasteiger partial charge is 0.446 e. The third-order valence-corrected chi connectivity index (χ3v) is 4.21. The van der Waals surface area contributed by atoms with Gasteiger partial charge in [-0.2, -0.15) is 0 Å². The van der Waals surface area contributed by atoms with Gasteiger partial charge in [-0.15, -0.1) is 0 Å². The Morgan fingerprint density at radius 2 is 2.06 bits per heavy atom. The highest BCUT2D eigenvalue weighted by atomic mass is 16.5. The van der Waals surface area contributed by atoms with E-state index < -0.39 is 0 Å². The molecule has 16 heavy (non-hydrogen) atoms. The zero-order valence-electron chi connectivity index (χ0n) is 10.9. The summed E-state index contributed by atoms with van der Waals surface area (Å²) in [6.45, 7) is 13.7. The number of rotatable bonds is 3. The highest BCUT2D eigenvalue weighted by molar-refractivity contribution is 5.81.